The molecular weight excluding hydrogens is 490 g/mol. The molecule has 0 spiro atoms. The minimum absolute atomic E-state index is 0.0789. The second kappa shape index (κ2) is 8.99. The lowest BCUT2D eigenvalue weighted by Crippen LogP contribution is -2.24. The number of aromatic nitrogens is 4. The number of nitrogens with zero attached hydrogens (tertiary/aromatic N) is 4. The van der Waals surface area contributed by atoms with Gasteiger partial charge in [0.1, 0.15) is 5.69 Å². The molecule has 1 saturated heterocycles. The van der Waals surface area contributed by atoms with Gasteiger partial charge in [0.05, 0.1) is 41.3 Å². The van der Waals surface area contributed by atoms with Crippen LogP contribution in [0.5, 0.6) is 0 Å². The molecule has 0 radical (unpaired) electrons. The fourth-order valence-corrected chi connectivity index (χ4v) is 5.05. The molecule has 2 unspecified atom stereocenters. The molecule has 3 aromatic heterocycles. The van der Waals surface area contributed by atoms with Crippen molar-refractivity contribution in [3.05, 3.63) is 91.9 Å². The Bertz CT molecular complexity index is 1580. The minimum Gasteiger partial charge on any atom is -0.373 e. The summed E-state index contributed by atoms with van der Waals surface area (Å²) in [5, 5.41) is -0.337. The molecule has 1 fully saturated rings. The zero-order valence-corrected chi connectivity index (χ0v) is 20.1. The quantitative estimate of drug-likeness (QED) is 0.359. The van der Waals surface area contributed by atoms with Crippen LogP contribution in [0, 0.1) is 18.6 Å². The zero-order chi connectivity index (χ0) is 25.0. The average molecular weight is 511 g/mol. The van der Waals surface area contributed by atoms with Gasteiger partial charge in [-0.05, 0) is 49.6 Å². The Labute approximate surface area is 209 Å². The maximum atomic E-state index is 15.1. The minimum atomic E-state index is -1.18. The lowest BCUT2D eigenvalue weighted by Gasteiger charge is -2.30. The van der Waals surface area contributed by atoms with Gasteiger partial charge >= 0.3 is 0 Å². The number of benzene rings is 1. The van der Waals surface area contributed by atoms with Crippen molar-refractivity contribution in [2.24, 2.45) is 0 Å². The fourth-order valence-electron chi connectivity index (χ4n) is 4.91. The summed E-state index contributed by atoms with van der Waals surface area (Å²) in [7, 11) is 0. The van der Waals surface area contributed by atoms with E-state index in [1.165, 1.54) is 16.5 Å². The molecule has 2 aliphatic rings. The Morgan fingerprint density at radius 2 is 2.00 bits per heavy atom. The van der Waals surface area contributed by atoms with E-state index in [9.17, 15) is 9.18 Å². The molecule has 2 atom stereocenters. The van der Waals surface area contributed by atoms with E-state index in [2.05, 4.69) is 9.97 Å². The van der Waals surface area contributed by atoms with Crippen molar-refractivity contribution in [1.29, 1.82) is 0 Å². The molecule has 10 heteroatoms. The lowest BCUT2D eigenvalue weighted by molar-refractivity contribution is 0.00451. The molecular formula is C26H21ClF2N4O3. The van der Waals surface area contributed by atoms with Crippen molar-refractivity contribution in [3.8, 4) is 11.3 Å². The van der Waals surface area contributed by atoms with Crippen molar-refractivity contribution in [2.45, 2.75) is 45.0 Å². The molecule has 36 heavy (non-hydrogen) atoms. The van der Waals surface area contributed by atoms with Gasteiger partial charge in [0, 0.05) is 36.2 Å². The van der Waals surface area contributed by atoms with Gasteiger partial charge in [0.15, 0.2) is 17.3 Å². The third-order valence-corrected chi connectivity index (χ3v) is 7.07. The summed E-state index contributed by atoms with van der Waals surface area (Å²) in [4.78, 5) is 26.9. The third kappa shape index (κ3) is 3.87. The molecule has 0 bridgehead atoms. The predicted octanol–water partition coefficient (Wildman–Crippen LogP) is 5.06. The number of rotatable bonds is 3. The normalized spacial score (nSPS) is 19.6. The van der Waals surface area contributed by atoms with E-state index in [1.54, 1.807) is 12.4 Å². The highest BCUT2D eigenvalue weighted by atomic mass is 35.5. The van der Waals surface area contributed by atoms with Crippen LogP contribution in [0.4, 0.5) is 8.78 Å². The first kappa shape index (κ1) is 23.1. The van der Waals surface area contributed by atoms with Crippen molar-refractivity contribution in [2.75, 3.05) is 6.61 Å². The van der Waals surface area contributed by atoms with E-state index in [1.807, 2.05) is 19.1 Å². The highest BCUT2D eigenvalue weighted by Crippen LogP contribution is 2.38. The SMILES string of the molecule is Cc1cc(C2CC(c3cn4c(=O)c5c(nc4c(-c4ccc(Cl)c(F)c4F)n3)COC5)CCO2)ccn1. The Morgan fingerprint density at radius 3 is 2.83 bits per heavy atom. The van der Waals surface area contributed by atoms with E-state index in [0.717, 1.165) is 11.3 Å². The van der Waals surface area contributed by atoms with Gasteiger partial charge in [-0.3, -0.25) is 14.2 Å². The number of aryl methyl sites for hydroxylation is 1. The maximum absolute atomic E-state index is 15.1. The largest absolute Gasteiger partial charge is 0.373 e. The number of halogens is 3. The van der Waals surface area contributed by atoms with Crippen LogP contribution in [-0.2, 0) is 22.7 Å². The molecule has 184 valence electrons. The van der Waals surface area contributed by atoms with E-state index in [-0.39, 0.29) is 52.7 Å². The molecule has 0 N–H and O–H groups in total. The molecule has 6 rings (SSSR count). The van der Waals surface area contributed by atoms with Gasteiger partial charge in [-0.2, -0.15) is 0 Å². The second-order valence-electron chi connectivity index (χ2n) is 9.08. The fraction of sp³-hybridized carbons (Fsp3) is 0.308. The zero-order valence-electron chi connectivity index (χ0n) is 19.3. The van der Waals surface area contributed by atoms with E-state index < -0.39 is 11.6 Å². The average Bonchev–Trinajstić information content (AvgIpc) is 3.37. The third-order valence-electron chi connectivity index (χ3n) is 6.78. The first-order valence-corrected chi connectivity index (χ1v) is 12.0. The summed E-state index contributed by atoms with van der Waals surface area (Å²) in [6, 6.07) is 6.53. The molecule has 5 heterocycles. The summed E-state index contributed by atoms with van der Waals surface area (Å²) in [6.45, 7) is 2.73. The molecule has 0 aliphatic carbocycles. The van der Waals surface area contributed by atoms with Gasteiger partial charge in [0.25, 0.3) is 5.56 Å². The molecule has 4 aromatic rings. The maximum Gasteiger partial charge on any atom is 0.263 e. The molecule has 0 saturated carbocycles. The number of ether oxygens (including phenoxy) is 2. The monoisotopic (exact) mass is 510 g/mol. The summed E-state index contributed by atoms with van der Waals surface area (Å²) in [6.07, 6.45) is 4.48. The van der Waals surface area contributed by atoms with Crippen LogP contribution in [0.1, 0.15) is 53.1 Å². The van der Waals surface area contributed by atoms with Crippen molar-refractivity contribution >= 4 is 17.2 Å². The van der Waals surface area contributed by atoms with E-state index in [4.69, 9.17) is 26.1 Å². The first-order chi connectivity index (χ1) is 17.4. The van der Waals surface area contributed by atoms with Crippen LogP contribution in [0.15, 0.2) is 41.5 Å². The van der Waals surface area contributed by atoms with Crippen molar-refractivity contribution < 1.29 is 18.3 Å². The number of pyridine rings is 1. The van der Waals surface area contributed by atoms with Gasteiger partial charge < -0.3 is 9.47 Å². The Hall–Kier alpha value is -3.27. The smallest absolute Gasteiger partial charge is 0.263 e. The van der Waals surface area contributed by atoms with Gasteiger partial charge in [-0.25, -0.2) is 18.7 Å². The Kier molecular flexibility index (Phi) is 5.78. The molecule has 1 aromatic carbocycles. The standard InChI is InChI=1S/C26H21ClF2N4O3/c1-13-8-15(4-6-30-13)21-9-14(5-7-36-21)19-10-33-25(32-20-12-35-11-17(20)26(33)34)24(31-19)16-2-3-18(27)23(29)22(16)28/h2-4,6,8,10,14,21H,5,7,9,11-12H2,1H3. The van der Waals surface area contributed by atoms with E-state index in [0.29, 0.717) is 36.4 Å². The number of hydrogen-bond donors (Lipinski definition) is 0. The topological polar surface area (TPSA) is 78.6 Å². The first-order valence-electron chi connectivity index (χ1n) is 11.6. The van der Waals surface area contributed by atoms with Crippen LogP contribution in [-0.4, -0.2) is 26.0 Å². The lowest BCUT2D eigenvalue weighted by atomic mass is 9.89. The van der Waals surface area contributed by atoms with E-state index >= 15 is 4.39 Å². The second-order valence-corrected chi connectivity index (χ2v) is 9.48. The summed E-state index contributed by atoms with van der Waals surface area (Å²) < 4.78 is 42.3. The summed E-state index contributed by atoms with van der Waals surface area (Å²) >= 11 is 5.79. The van der Waals surface area contributed by atoms with Crippen molar-refractivity contribution in [3.63, 3.8) is 0 Å². The van der Waals surface area contributed by atoms with Crippen LogP contribution < -0.4 is 5.56 Å². The van der Waals surface area contributed by atoms with Crippen molar-refractivity contribution in [1.82, 2.24) is 19.4 Å². The molecule has 2 aliphatic heterocycles. The Balaban J connectivity index is 1.52. The van der Waals surface area contributed by atoms with Crippen LogP contribution in [0.25, 0.3) is 16.9 Å². The predicted molar refractivity (Wildman–Crippen MR) is 128 cm³/mol. The summed E-state index contributed by atoms with van der Waals surface area (Å²) in [5.41, 5.74) is 3.20. The van der Waals surface area contributed by atoms with Gasteiger partial charge in [-0.1, -0.05) is 11.6 Å². The van der Waals surface area contributed by atoms with Gasteiger partial charge in [-0.15, -0.1) is 0 Å². The highest BCUT2D eigenvalue weighted by molar-refractivity contribution is 6.30. The number of fused-ring (bicyclic) bond motifs is 2. The van der Waals surface area contributed by atoms with Crippen LogP contribution in [0.3, 0.4) is 0 Å². The van der Waals surface area contributed by atoms with Crippen LogP contribution in [0.2, 0.25) is 5.02 Å². The molecule has 7 nitrogen and oxygen atoms in total. The Morgan fingerprint density at radius 1 is 1.14 bits per heavy atom. The summed E-state index contributed by atoms with van der Waals surface area (Å²) in [5.74, 6) is -2.40. The molecule has 0 amide bonds. The van der Waals surface area contributed by atoms with Gasteiger partial charge in [0.2, 0.25) is 0 Å². The van der Waals surface area contributed by atoms with Crippen LogP contribution >= 0.6 is 11.6 Å². The number of hydrogen-bond acceptors (Lipinski definition) is 6. The highest BCUT2D eigenvalue weighted by Gasteiger charge is 2.29.